The number of carbonyl (C=O) groups is 1. The molecular formula is C18H18F2N4OS. The van der Waals surface area contributed by atoms with E-state index in [4.69, 9.17) is 5.73 Å². The molecule has 2 aromatic heterocycles. The molecule has 0 aliphatic heterocycles. The van der Waals surface area contributed by atoms with Gasteiger partial charge in [0, 0.05) is 29.2 Å². The molecule has 2 heterocycles. The number of amides is 1. The maximum atomic E-state index is 13.3. The Bertz CT molecular complexity index is 908. The van der Waals surface area contributed by atoms with Crippen LogP contribution in [0.1, 0.15) is 20.1 Å². The Kier molecular flexibility index (Phi) is 5.43. The summed E-state index contributed by atoms with van der Waals surface area (Å²) in [6.45, 7) is 2.12. The van der Waals surface area contributed by atoms with Crippen molar-refractivity contribution in [2.45, 2.75) is 19.4 Å². The van der Waals surface area contributed by atoms with E-state index in [9.17, 15) is 13.6 Å². The molecule has 0 fully saturated rings. The lowest BCUT2D eigenvalue weighted by atomic mass is 10.1. The molecule has 1 amide bonds. The number of hydrogen-bond acceptors (Lipinski definition) is 4. The Morgan fingerprint density at radius 2 is 2.15 bits per heavy atom. The summed E-state index contributed by atoms with van der Waals surface area (Å²) in [7, 11) is 0. The zero-order chi connectivity index (χ0) is 18.7. The van der Waals surface area contributed by atoms with E-state index in [0.717, 1.165) is 28.1 Å². The van der Waals surface area contributed by atoms with Crippen LogP contribution in [0.25, 0.3) is 11.1 Å². The number of nitrogens with two attached hydrogens (primary N) is 1. The van der Waals surface area contributed by atoms with Crippen LogP contribution in [-0.4, -0.2) is 28.7 Å². The van der Waals surface area contributed by atoms with Gasteiger partial charge >= 0.3 is 0 Å². The van der Waals surface area contributed by atoms with Gasteiger partial charge in [0.25, 0.3) is 5.91 Å². The van der Waals surface area contributed by atoms with Crippen LogP contribution >= 0.6 is 11.3 Å². The van der Waals surface area contributed by atoms with Gasteiger partial charge in [-0.05, 0) is 42.7 Å². The summed E-state index contributed by atoms with van der Waals surface area (Å²) in [5.74, 6) is -2.06. The number of nitrogens with zero attached hydrogens (tertiary/aromatic N) is 1. The van der Waals surface area contributed by atoms with Gasteiger partial charge in [0.05, 0.1) is 11.1 Å². The number of benzene rings is 1. The van der Waals surface area contributed by atoms with Crippen LogP contribution in [-0.2, 0) is 6.42 Å². The van der Waals surface area contributed by atoms with Crippen LogP contribution in [0.5, 0.6) is 0 Å². The van der Waals surface area contributed by atoms with Crippen molar-refractivity contribution in [1.29, 1.82) is 0 Å². The standard InChI is InChI=1S/C18H18F2N4OS/c1-10-14(12-8-22-23-9-12)6-17(26-10)18(25)24-13(7-21)4-11-2-3-15(19)16(20)5-11/h2-3,5-6,8-9,13H,4,7,21H2,1H3,(H,22,23)(H,24,25). The quantitative estimate of drug-likeness (QED) is 0.618. The zero-order valence-electron chi connectivity index (χ0n) is 14.1. The molecule has 26 heavy (non-hydrogen) atoms. The highest BCUT2D eigenvalue weighted by Crippen LogP contribution is 2.30. The molecule has 136 valence electrons. The summed E-state index contributed by atoms with van der Waals surface area (Å²) < 4.78 is 26.4. The first-order valence-corrected chi connectivity index (χ1v) is 8.84. The van der Waals surface area contributed by atoms with Gasteiger partial charge < -0.3 is 11.1 Å². The van der Waals surface area contributed by atoms with Gasteiger partial charge in [0.1, 0.15) is 0 Å². The van der Waals surface area contributed by atoms with Gasteiger partial charge in [-0.2, -0.15) is 5.10 Å². The highest BCUT2D eigenvalue weighted by atomic mass is 32.1. The summed E-state index contributed by atoms with van der Waals surface area (Å²) in [4.78, 5) is 14.1. The van der Waals surface area contributed by atoms with E-state index in [1.807, 2.05) is 13.0 Å². The third kappa shape index (κ3) is 3.97. The van der Waals surface area contributed by atoms with E-state index in [-0.39, 0.29) is 18.5 Å². The Labute approximate surface area is 153 Å². The topological polar surface area (TPSA) is 83.8 Å². The summed E-state index contributed by atoms with van der Waals surface area (Å²) in [6.07, 6.45) is 3.78. The molecule has 3 aromatic rings. The largest absolute Gasteiger partial charge is 0.347 e. The summed E-state index contributed by atoms with van der Waals surface area (Å²) in [6, 6.07) is 5.11. The minimum atomic E-state index is -0.914. The van der Waals surface area contributed by atoms with Crippen LogP contribution in [0, 0.1) is 18.6 Å². The third-order valence-electron chi connectivity index (χ3n) is 4.04. The number of H-pyrrole nitrogens is 1. The Hall–Kier alpha value is -2.58. The first-order chi connectivity index (χ1) is 12.5. The molecule has 0 aliphatic rings. The molecule has 0 saturated heterocycles. The molecule has 1 atom stereocenters. The first kappa shape index (κ1) is 18.2. The molecule has 1 aromatic carbocycles. The summed E-state index contributed by atoms with van der Waals surface area (Å²) in [5, 5.41) is 9.53. The lowest BCUT2D eigenvalue weighted by Crippen LogP contribution is -2.41. The smallest absolute Gasteiger partial charge is 0.261 e. The van der Waals surface area contributed by atoms with Crippen LogP contribution in [0.3, 0.4) is 0 Å². The van der Waals surface area contributed by atoms with Gasteiger partial charge in [0.2, 0.25) is 0 Å². The van der Waals surface area contributed by atoms with Crippen molar-refractivity contribution in [1.82, 2.24) is 15.5 Å². The highest BCUT2D eigenvalue weighted by Gasteiger charge is 2.18. The number of nitrogens with one attached hydrogen (secondary N) is 2. The average molecular weight is 376 g/mol. The number of aromatic nitrogens is 2. The second-order valence-electron chi connectivity index (χ2n) is 5.93. The maximum Gasteiger partial charge on any atom is 0.261 e. The van der Waals surface area contributed by atoms with E-state index in [0.29, 0.717) is 16.9 Å². The van der Waals surface area contributed by atoms with Crippen LogP contribution in [0.4, 0.5) is 8.78 Å². The maximum absolute atomic E-state index is 13.3. The lowest BCUT2D eigenvalue weighted by Gasteiger charge is -2.16. The number of thiophene rings is 1. The molecule has 8 heteroatoms. The Morgan fingerprint density at radius 3 is 2.81 bits per heavy atom. The number of rotatable bonds is 6. The average Bonchev–Trinajstić information content (AvgIpc) is 3.26. The Balaban J connectivity index is 1.71. The van der Waals surface area contributed by atoms with Crippen LogP contribution < -0.4 is 11.1 Å². The van der Waals surface area contributed by atoms with Crippen LogP contribution in [0.2, 0.25) is 0 Å². The molecule has 4 N–H and O–H groups in total. The van der Waals surface area contributed by atoms with Gasteiger partial charge in [-0.3, -0.25) is 9.89 Å². The molecule has 0 saturated carbocycles. The van der Waals surface area contributed by atoms with Gasteiger partial charge in [0.15, 0.2) is 11.6 Å². The molecule has 5 nitrogen and oxygen atoms in total. The van der Waals surface area contributed by atoms with Crippen molar-refractivity contribution in [2.75, 3.05) is 6.54 Å². The number of aromatic amines is 1. The molecule has 3 rings (SSSR count). The summed E-state index contributed by atoms with van der Waals surface area (Å²) >= 11 is 1.38. The Morgan fingerprint density at radius 1 is 1.35 bits per heavy atom. The van der Waals surface area contributed by atoms with E-state index in [2.05, 4.69) is 15.5 Å². The first-order valence-electron chi connectivity index (χ1n) is 8.02. The SMILES string of the molecule is Cc1sc(C(=O)NC(CN)Cc2ccc(F)c(F)c2)cc1-c1cn[nH]c1. The predicted octanol–water partition coefficient (Wildman–Crippen LogP) is 3.02. The molecule has 1 unspecified atom stereocenters. The molecular weight excluding hydrogens is 358 g/mol. The lowest BCUT2D eigenvalue weighted by molar-refractivity contribution is 0.0942. The molecule has 0 spiro atoms. The molecule has 0 aliphatic carbocycles. The van der Waals surface area contributed by atoms with Crippen molar-refractivity contribution in [2.24, 2.45) is 5.73 Å². The van der Waals surface area contributed by atoms with E-state index < -0.39 is 11.6 Å². The molecule has 0 bridgehead atoms. The summed E-state index contributed by atoms with van der Waals surface area (Å²) in [5.41, 5.74) is 8.16. The molecule has 0 radical (unpaired) electrons. The number of aryl methyl sites for hydroxylation is 1. The fraction of sp³-hybridized carbons (Fsp3) is 0.222. The number of hydrogen-bond donors (Lipinski definition) is 3. The second kappa shape index (κ2) is 7.76. The van der Waals surface area contributed by atoms with Crippen molar-refractivity contribution < 1.29 is 13.6 Å². The van der Waals surface area contributed by atoms with Gasteiger partial charge in [-0.25, -0.2) is 8.78 Å². The van der Waals surface area contributed by atoms with Gasteiger partial charge in [-0.1, -0.05) is 6.07 Å². The fourth-order valence-corrected chi connectivity index (χ4v) is 3.62. The van der Waals surface area contributed by atoms with Crippen LogP contribution in [0.15, 0.2) is 36.7 Å². The third-order valence-corrected chi connectivity index (χ3v) is 5.09. The fourth-order valence-electron chi connectivity index (χ4n) is 2.68. The van der Waals surface area contributed by atoms with Crippen molar-refractivity contribution in [3.63, 3.8) is 0 Å². The van der Waals surface area contributed by atoms with E-state index in [1.54, 1.807) is 12.4 Å². The zero-order valence-corrected chi connectivity index (χ0v) is 14.9. The van der Waals surface area contributed by atoms with Crippen molar-refractivity contribution in [3.8, 4) is 11.1 Å². The van der Waals surface area contributed by atoms with E-state index >= 15 is 0 Å². The van der Waals surface area contributed by atoms with Crippen molar-refractivity contribution >= 4 is 17.2 Å². The monoisotopic (exact) mass is 376 g/mol. The predicted molar refractivity (Wildman–Crippen MR) is 97.0 cm³/mol. The van der Waals surface area contributed by atoms with E-state index in [1.165, 1.54) is 17.4 Å². The normalized spacial score (nSPS) is 12.2. The minimum Gasteiger partial charge on any atom is -0.347 e. The van der Waals surface area contributed by atoms with Crippen molar-refractivity contribution in [3.05, 3.63) is 63.6 Å². The second-order valence-corrected chi connectivity index (χ2v) is 7.18. The number of carbonyl (C=O) groups excluding carboxylic acids is 1. The van der Waals surface area contributed by atoms with Gasteiger partial charge in [-0.15, -0.1) is 11.3 Å². The minimum absolute atomic E-state index is 0.184. The number of halogens is 2. The highest BCUT2D eigenvalue weighted by molar-refractivity contribution is 7.14.